The molecule has 1 amide bonds. The van der Waals surface area contributed by atoms with E-state index in [4.69, 9.17) is 22.6 Å². The summed E-state index contributed by atoms with van der Waals surface area (Å²) in [6.07, 6.45) is 2.24. The molecule has 1 fully saturated rings. The van der Waals surface area contributed by atoms with Crippen molar-refractivity contribution < 1.29 is 14.7 Å². The van der Waals surface area contributed by atoms with Gasteiger partial charge in [0.1, 0.15) is 17.1 Å². The van der Waals surface area contributed by atoms with Gasteiger partial charge in [-0.25, -0.2) is 4.79 Å². The van der Waals surface area contributed by atoms with Crippen LogP contribution in [-0.2, 0) is 9.59 Å². The Morgan fingerprint density at radius 1 is 1.74 bits per heavy atom. The summed E-state index contributed by atoms with van der Waals surface area (Å²) in [7, 11) is 0. The topological polar surface area (TPSA) is 93.4 Å². The van der Waals surface area contributed by atoms with Crippen LogP contribution in [0.3, 0.4) is 0 Å². The number of thiocarbonyl (C=S) groups is 1. The lowest BCUT2D eigenvalue weighted by Gasteiger charge is -2.48. The van der Waals surface area contributed by atoms with Crippen LogP contribution in [0.5, 0.6) is 0 Å². The van der Waals surface area contributed by atoms with Crippen molar-refractivity contribution >= 4 is 40.8 Å². The molecular weight excluding hydrogens is 286 g/mol. The number of carboxylic acids is 1. The minimum absolute atomic E-state index is 0.0368. The van der Waals surface area contributed by atoms with Gasteiger partial charge in [-0.1, -0.05) is 12.2 Å². The third kappa shape index (κ3) is 2.57. The second-order valence-corrected chi connectivity index (χ2v) is 5.67. The Hall–Kier alpha value is -1.59. The third-order valence-corrected chi connectivity index (χ3v) is 4.35. The summed E-state index contributed by atoms with van der Waals surface area (Å²) in [5, 5.41) is 20.1. The van der Waals surface area contributed by atoms with E-state index >= 15 is 0 Å². The van der Waals surface area contributed by atoms with Crippen molar-refractivity contribution in [2.75, 3.05) is 5.75 Å². The Kier molecular flexibility index (Phi) is 4.07. The SMILES string of the molecule is N#CCCC(=S)NC1C(=O)N2C(C(=O)O)=CCS[C@H]12. The normalized spacial score (nSPS) is 24.7. The van der Waals surface area contributed by atoms with Gasteiger partial charge in [-0.15, -0.1) is 11.8 Å². The zero-order chi connectivity index (χ0) is 14.0. The Morgan fingerprint density at radius 2 is 2.47 bits per heavy atom. The van der Waals surface area contributed by atoms with E-state index in [-0.39, 0.29) is 17.0 Å². The molecule has 0 saturated carbocycles. The van der Waals surface area contributed by atoms with Crippen molar-refractivity contribution in [2.24, 2.45) is 0 Å². The molecule has 2 N–H and O–H groups in total. The van der Waals surface area contributed by atoms with Gasteiger partial charge in [0.05, 0.1) is 11.1 Å². The number of aliphatic carboxylic acids is 1. The predicted octanol–water partition coefficient (Wildman–Crippen LogP) is 0.459. The smallest absolute Gasteiger partial charge is 0.352 e. The first-order valence-electron chi connectivity index (χ1n) is 5.60. The number of hydrogen-bond acceptors (Lipinski definition) is 5. The number of nitrogens with one attached hydrogen (secondary N) is 1. The second kappa shape index (κ2) is 5.59. The van der Waals surface area contributed by atoms with Gasteiger partial charge in [0.2, 0.25) is 0 Å². The third-order valence-electron chi connectivity index (χ3n) is 2.85. The first-order chi connectivity index (χ1) is 9.06. The highest BCUT2D eigenvalue weighted by molar-refractivity contribution is 8.00. The zero-order valence-electron chi connectivity index (χ0n) is 9.83. The van der Waals surface area contributed by atoms with Crippen LogP contribution in [0.15, 0.2) is 11.8 Å². The number of nitriles is 1. The molecule has 2 rings (SSSR count). The average Bonchev–Trinajstić information content (AvgIpc) is 2.41. The Labute approximate surface area is 119 Å². The summed E-state index contributed by atoms with van der Waals surface area (Å²) < 4.78 is 0. The Bertz CT molecular complexity index is 512. The van der Waals surface area contributed by atoms with Crippen LogP contribution in [0.25, 0.3) is 0 Å². The van der Waals surface area contributed by atoms with E-state index in [9.17, 15) is 9.59 Å². The molecule has 0 bridgehead atoms. The lowest BCUT2D eigenvalue weighted by molar-refractivity contribution is -0.148. The van der Waals surface area contributed by atoms with E-state index < -0.39 is 12.0 Å². The van der Waals surface area contributed by atoms with E-state index in [1.165, 1.54) is 22.7 Å². The van der Waals surface area contributed by atoms with Crippen LogP contribution in [-0.4, -0.2) is 44.0 Å². The van der Waals surface area contributed by atoms with Crippen molar-refractivity contribution in [2.45, 2.75) is 24.3 Å². The van der Waals surface area contributed by atoms with Crippen molar-refractivity contribution in [3.63, 3.8) is 0 Å². The molecule has 19 heavy (non-hydrogen) atoms. The first kappa shape index (κ1) is 13.8. The number of thioether (sulfide) groups is 1. The largest absolute Gasteiger partial charge is 0.477 e. The average molecular weight is 297 g/mol. The maximum Gasteiger partial charge on any atom is 0.352 e. The molecule has 6 nitrogen and oxygen atoms in total. The number of fused-ring (bicyclic) bond motifs is 1. The second-order valence-electron chi connectivity index (χ2n) is 4.03. The summed E-state index contributed by atoms with van der Waals surface area (Å²) in [4.78, 5) is 24.7. The Balaban J connectivity index is 2.00. The van der Waals surface area contributed by atoms with Crippen molar-refractivity contribution in [1.29, 1.82) is 5.26 Å². The molecule has 2 aliphatic heterocycles. The van der Waals surface area contributed by atoms with Crippen LogP contribution < -0.4 is 5.32 Å². The number of carbonyl (C=O) groups excluding carboxylic acids is 1. The lowest BCUT2D eigenvalue weighted by Crippen LogP contribution is -2.70. The molecule has 2 aliphatic rings. The van der Waals surface area contributed by atoms with Crippen LogP contribution in [0.1, 0.15) is 12.8 Å². The minimum atomic E-state index is -1.09. The van der Waals surface area contributed by atoms with E-state index in [1.54, 1.807) is 0 Å². The fourth-order valence-electron chi connectivity index (χ4n) is 1.95. The van der Waals surface area contributed by atoms with Gasteiger partial charge < -0.3 is 10.4 Å². The highest BCUT2D eigenvalue weighted by atomic mass is 32.2. The zero-order valence-corrected chi connectivity index (χ0v) is 11.5. The monoisotopic (exact) mass is 297 g/mol. The van der Waals surface area contributed by atoms with Crippen LogP contribution >= 0.6 is 24.0 Å². The van der Waals surface area contributed by atoms with Crippen LogP contribution in [0.4, 0.5) is 0 Å². The van der Waals surface area contributed by atoms with E-state index in [0.717, 1.165) is 0 Å². The summed E-state index contributed by atoms with van der Waals surface area (Å²) >= 11 is 6.54. The Morgan fingerprint density at radius 3 is 3.11 bits per heavy atom. The lowest BCUT2D eigenvalue weighted by atomic mass is 10.0. The molecule has 1 saturated heterocycles. The molecule has 1 unspecified atom stereocenters. The van der Waals surface area contributed by atoms with Gasteiger partial charge in [0.15, 0.2) is 0 Å². The highest BCUT2D eigenvalue weighted by Crippen LogP contribution is 2.37. The number of carbonyl (C=O) groups is 2. The van der Waals surface area contributed by atoms with Crippen molar-refractivity contribution in [3.05, 3.63) is 11.8 Å². The molecule has 8 heteroatoms. The molecule has 0 aromatic rings. The molecule has 100 valence electrons. The molecular formula is C11H11N3O3S2. The molecule has 0 spiro atoms. The molecule has 2 heterocycles. The van der Waals surface area contributed by atoms with Gasteiger partial charge in [-0.2, -0.15) is 5.26 Å². The molecule has 0 aliphatic carbocycles. The summed E-state index contributed by atoms with van der Waals surface area (Å²) in [5.74, 6) is -0.825. The minimum Gasteiger partial charge on any atom is -0.477 e. The number of hydrogen-bond donors (Lipinski definition) is 2. The highest BCUT2D eigenvalue weighted by Gasteiger charge is 2.52. The maximum absolute atomic E-state index is 11.9. The maximum atomic E-state index is 11.9. The number of carboxylic acid groups (broad SMARTS) is 1. The van der Waals surface area contributed by atoms with Gasteiger partial charge >= 0.3 is 5.97 Å². The quantitative estimate of drug-likeness (QED) is 0.575. The first-order valence-corrected chi connectivity index (χ1v) is 7.06. The fourth-order valence-corrected chi connectivity index (χ4v) is 3.38. The number of rotatable bonds is 4. The molecule has 0 radical (unpaired) electrons. The number of amides is 1. The predicted molar refractivity (Wildman–Crippen MR) is 73.2 cm³/mol. The standard InChI is InChI=1S/C11H11N3O3S2/c12-4-1-2-7(18)13-8-9(15)14-6(11(16)17)3-5-19-10(8)14/h3,8,10H,1-2,5H2,(H,13,18)(H,16,17)/t8?,10-/m1/s1. The van der Waals surface area contributed by atoms with Gasteiger partial charge in [0, 0.05) is 18.6 Å². The van der Waals surface area contributed by atoms with E-state index in [0.29, 0.717) is 23.6 Å². The van der Waals surface area contributed by atoms with E-state index in [1.807, 2.05) is 6.07 Å². The molecule has 0 aromatic carbocycles. The van der Waals surface area contributed by atoms with Crippen molar-refractivity contribution in [3.8, 4) is 6.07 Å². The van der Waals surface area contributed by atoms with Crippen LogP contribution in [0.2, 0.25) is 0 Å². The van der Waals surface area contributed by atoms with Crippen LogP contribution in [0, 0.1) is 11.3 Å². The molecule has 2 atom stereocenters. The van der Waals surface area contributed by atoms with Gasteiger partial charge in [-0.3, -0.25) is 9.69 Å². The van der Waals surface area contributed by atoms with Gasteiger partial charge in [0.25, 0.3) is 5.91 Å². The number of nitrogens with zero attached hydrogens (tertiary/aromatic N) is 2. The fraction of sp³-hybridized carbons (Fsp3) is 0.455. The summed E-state index contributed by atoms with van der Waals surface area (Å²) in [5.41, 5.74) is 0.0368. The summed E-state index contributed by atoms with van der Waals surface area (Å²) in [6, 6.07) is 1.50. The summed E-state index contributed by atoms with van der Waals surface area (Å²) in [6.45, 7) is 0. The van der Waals surface area contributed by atoms with Gasteiger partial charge in [-0.05, 0) is 6.08 Å². The number of β-lactam (4-membered cyclic amide) rings is 1. The van der Waals surface area contributed by atoms with Crippen molar-refractivity contribution in [1.82, 2.24) is 10.2 Å². The van der Waals surface area contributed by atoms with E-state index in [2.05, 4.69) is 5.32 Å². The molecule has 0 aromatic heterocycles.